The van der Waals surface area contributed by atoms with Crippen molar-refractivity contribution in [2.75, 3.05) is 5.32 Å². The zero-order valence-corrected chi connectivity index (χ0v) is 11.8. The van der Waals surface area contributed by atoms with E-state index in [1.807, 2.05) is 36.4 Å². The fourth-order valence-electron chi connectivity index (χ4n) is 2.66. The summed E-state index contributed by atoms with van der Waals surface area (Å²) >= 11 is 0. The highest BCUT2D eigenvalue weighted by Gasteiger charge is 2.08. The highest BCUT2D eigenvalue weighted by molar-refractivity contribution is 6.05. The van der Waals surface area contributed by atoms with E-state index in [0.29, 0.717) is 5.58 Å². The third-order valence-corrected chi connectivity index (χ3v) is 3.77. The average molecular weight is 291 g/mol. The molecule has 0 spiro atoms. The molecule has 3 aromatic carbocycles. The van der Waals surface area contributed by atoms with Crippen LogP contribution in [0.4, 0.5) is 10.1 Å². The van der Waals surface area contributed by atoms with E-state index in [1.165, 1.54) is 17.7 Å². The van der Waals surface area contributed by atoms with Crippen molar-refractivity contribution in [1.29, 1.82) is 0 Å². The molecule has 0 fully saturated rings. The largest absolute Gasteiger partial charge is 0.456 e. The van der Waals surface area contributed by atoms with Crippen LogP contribution in [-0.4, -0.2) is 0 Å². The molecule has 108 valence electrons. The van der Waals surface area contributed by atoms with Gasteiger partial charge in [0.25, 0.3) is 0 Å². The number of nitrogens with one attached hydrogen (secondary N) is 1. The second kappa shape index (κ2) is 5.19. The van der Waals surface area contributed by atoms with Crippen molar-refractivity contribution in [1.82, 2.24) is 0 Å². The molecule has 0 bridgehead atoms. The van der Waals surface area contributed by atoms with Gasteiger partial charge in [-0.15, -0.1) is 0 Å². The quantitative estimate of drug-likeness (QED) is 0.551. The molecule has 1 aromatic heterocycles. The molecule has 0 saturated carbocycles. The number of benzene rings is 3. The van der Waals surface area contributed by atoms with Crippen molar-refractivity contribution in [3.63, 3.8) is 0 Å². The van der Waals surface area contributed by atoms with Gasteiger partial charge in [-0.25, -0.2) is 4.39 Å². The third kappa shape index (κ3) is 2.31. The van der Waals surface area contributed by atoms with Crippen molar-refractivity contribution in [3.05, 3.63) is 78.1 Å². The van der Waals surface area contributed by atoms with E-state index in [4.69, 9.17) is 4.42 Å². The lowest BCUT2D eigenvalue weighted by molar-refractivity contribution is 0.626. The van der Waals surface area contributed by atoms with Crippen LogP contribution in [0.3, 0.4) is 0 Å². The Hall–Kier alpha value is -2.81. The standard InChI is InChI=1S/C19H14FNO/c20-14-6-8-18-16(10-14)17-11-15(7-9-19(17)22-18)21-12-13-4-2-1-3-5-13/h1-11,21H,12H2. The highest BCUT2D eigenvalue weighted by Crippen LogP contribution is 2.31. The van der Waals surface area contributed by atoms with E-state index >= 15 is 0 Å². The molecule has 0 radical (unpaired) electrons. The van der Waals surface area contributed by atoms with Gasteiger partial charge in [-0.3, -0.25) is 0 Å². The molecule has 0 aliphatic heterocycles. The number of hydrogen-bond donors (Lipinski definition) is 1. The van der Waals surface area contributed by atoms with Gasteiger partial charge in [0.05, 0.1) is 0 Å². The lowest BCUT2D eigenvalue weighted by Crippen LogP contribution is -1.98. The van der Waals surface area contributed by atoms with Crippen molar-refractivity contribution in [3.8, 4) is 0 Å². The Morgan fingerprint density at radius 1 is 0.818 bits per heavy atom. The van der Waals surface area contributed by atoms with Crippen LogP contribution in [0.5, 0.6) is 0 Å². The van der Waals surface area contributed by atoms with E-state index in [-0.39, 0.29) is 5.82 Å². The van der Waals surface area contributed by atoms with Gasteiger partial charge in [0.15, 0.2) is 0 Å². The summed E-state index contributed by atoms with van der Waals surface area (Å²) in [5.74, 6) is -0.252. The smallest absolute Gasteiger partial charge is 0.135 e. The van der Waals surface area contributed by atoms with Gasteiger partial charge < -0.3 is 9.73 Å². The molecule has 0 aliphatic rings. The molecular formula is C19H14FNO. The van der Waals surface area contributed by atoms with Crippen LogP contribution in [0.2, 0.25) is 0 Å². The Bertz CT molecular complexity index is 944. The van der Waals surface area contributed by atoms with E-state index in [0.717, 1.165) is 28.6 Å². The molecule has 0 atom stereocenters. The normalized spacial score (nSPS) is 11.1. The molecule has 0 unspecified atom stereocenters. The number of hydrogen-bond acceptors (Lipinski definition) is 2. The highest BCUT2D eigenvalue weighted by atomic mass is 19.1. The molecule has 4 aromatic rings. The Morgan fingerprint density at radius 3 is 2.36 bits per heavy atom. The maximum atomic E-state index is 13.5. The predicted molar refractivity (Wildman–Crippen MR) is 87.4 cm³/mol. The Kier molecular flexibility index (Phi) is 3.04. The summed E-state index contributed by atoms with van der Waals surface area (Å²) < 4.78 is 19.2. The van der Waals surface area contributed by atoms with Crippen molar-refractivity contribution in [2.45, 2.75) is 6.54 Å². The minimum absolute atomic E-state index is 0.252. The van der Waals surface area contributed by atoms with Gasteiger partial charge in [-0.1, -0.05) is 30.3 Å². The summed E-state index contributed by atoms with van der Waals surface area (Å²) in [6, 6.07) is 20.7. The first-order valence-corrected chi connectivity index (χ1v) is 7.19. The van der Waals surface area contributed by atoms with Crippen LogP contribution >= 0.6 is 0 Å². The van der Waals surface area contributed by atoms with Crippen molar-refractivity contribution >= 4 is 27.6 Å². The SMILES string of the molecule is Fc1ccc2oc3ccc(NCc4ccccc4)cc3c2c1. The monoisotopic (exact) mass is 291 g/mol. The Morgan fingerprint density at radius 2 is 1.55 bits per heavy atom. The molecule has 2 nitrogen and oxygen atoms in total. The number of halogens is 1. The topological polar surface area (TPSA) is 25.2 Å². The summed E-state index contributed by atoms with van der Waals surface area (Å²) in [6.07, 6.45) is 0. The van der Waals surface area contributed by atoms with E-state index < -0.39 is 0 Å². The number of rotatable bonds is 3. The molecule has 0 aliphatic carbocycles. The molecule has 22 heavy (non-hydrogen) atoms. The maximum Gasteiger partial charge on any atom is 0.135 e. The van der Waals surface area contributed by atoms with Gasteiger partial charge >= 0.3 is 0 Å². The van der Waals surface area contributed by atoms with Crippen LogP contribution in [0, 0.1) is 5.82 Å². The van der Waals surface area contributed by atoms with E-state index in [1.54, 1.807) is 6.07 Å². The minimum Gasteiger partial charge on any atom is -0.456 e. The van der Waals surface area contributed by atoms with Crippen LogP contribution in [0.15, 0.2) is 71.1 Å². The second-order valence-corrected chi connectivity index (χ2v) is 5.29. The van der Waals surface area contributed by atoms with E-state index in [9.17, 15) is 4.39 Å². The van der Waals surface area contributed by atoms with Crippen LogP contribution in [-0.2, 0) is 6.54 Å². The molecule has 3 heteroatoms. The van der Waals surface area contributed by atoms with Gasteiger partial charge in [0.1, 0.15) is 17.0 Å². The number of anilines is 1. The molecule has 1 heterocycles. The molecule has 0 amide bonds. The average Bonchev–Trinajstić information content (AvgIpc) is 2.91. The Balaban J connectivity index is 1.70. The minimum atomic E-state index is -0.252. The Labute approximate surface area is 127 Å². The second-order valence-electron chi connectivity index (χ2n) is 5.29. The summed E-state index contributed by atoms with van der Waals surface area (Å²) in [5, 5.41) is 5.11. The number of fused-ring (bicyclic) bond motifs is 3. The fourth-order valence-corrected chi connectivity index (χ4v) is 2.66. The van der Waals surface area contributed by atoms with Crippen LogP contribution in [0.25, 0.3) is 21.9 Å². The summed E-state index contributed by atoms with van der Waals surface area (Å²) in [6.45, 7) is 0.747. The molecular weight excluding hydrogens is 277 g/mol. The van der Waals surface area contributed by atoms with Gasteiger partial charge in [0, 0.05) is 23.0 Å². The van der Waals surface area contributed by atoms with Crippen molar-refractivity contribution < 1.29 is 8.81 Å². The third-order valence-electron chi connectivity index (χ3n) is 3.77. The van der Waals surface area contributed by atoms with E-state index in [2.05, 4.69) is 17.4 Å². The van der Waals surface area contributed by atoms with Crippen LogP contribution < -0.4 is 5.32 Å². The summed E-state index contributed by atoms with van der Waals surface area (Å²) in [7, 11) is 0. The summed E-state index contributed by atoms with van der Waals surface area (Å²) in [5.41, 5.74) is 3.68. The fraction of sp³-hybridized carbons (Fsp3) is 0.0526. The van der Waals surface area contributed by atoms with Gasteiger partial charge in [0.2, 0.25) is 0 Å². The molecule has 0 saturated heterocycles. The zero-order valence-electron chi connectivity index (χ0n) is 11.8. The van der Waals surface area contributed by atoms with Crippen molar-refractivity contribution in [2.24, 2.45) is 0 Å². The van der Waals surface area contributed by atoms with Gasteiger partial charge in [-0.2, -0.15) is 0 Å². The molecule has 1 N–H and O–H groups in total. The lowest BCUT2D eigenvalue weighted by atomic mass is 10.1. The summed E-state index contributed by atoms with van der Waals surface area (Å²) in [4.78, 5) is 0. The van der Waals surface area contributed by atoms with Crippen LogP contribution in [0.1, 0.15) is 5.56 Å². The molecule has 4 rings (SSSR count). The first-order valence-electron chi connectivity index (χ1n) is 7.19. The maximum absolute atomic E-state index is 13.5. The zero-order chi connectivity index (χ0) is 14.9. The van der Waals surface area contributed by atoms with Gasteiger partial charge in [-0.05, 0) is 42.0 Å². The lowest BCUT2D eigenvalue weighted by Gasteiger charge is -2.06. The first kappa shape index (κ1) is 12.9. The first-order chi connectivity index (χ1) is 10.8. The predicted octanol–water partition coefficient (Wildman–Crippen LogP) is 5.34. The number of furan rings is 1.